The molecule has 0 radical (unpaired) electrons. The van der Waals surface area contributed by atoms with Crippen molar-refractivity contribution >= 4 is 17.1 Å². The Balaban J connectivity index is 2.51. The molecule has 0 aliphatic carbocycles. The van der Waals surface area contributed by atoms with Crippen LogP contribution < -0.4 is 0 Å². The first-order valence-electron chi connectivity index (χ1n) is 3.33. The molecule has 2 heteroatoms. The van der Waals surface area contributed by atoms with Crippen molar-refractivity contribution in [2.75, 3.05) is 0 Å². The first-order chi connectivity index (χ1) is 5.34. The van der Waals surface area contributed by atoms with E-state index in [-0.39, 0.29) is 5.78 Å². The predicted molar refractivity (Wildman–Crippen MR) is 46.7 cm³/mol. The molecular formula is C9H8OS. The van der Waals surface area contributed by atoms with E-state index in [2.05, 4.69) is 5.92 Å². The maximum atomic E-state index is 11.2. The number of thiophene rings is 1. The third-order valence-corrected chi connectivity index (χ3v) is 2.02. The van der Waals surface area contributed by atoms with Crippen molar-refractivity contribution in [1.29, 1.82) is 0 Å². The summed E-state index contributed by atoms with van der Waals surface area (Å²) in [5.74, 6) is 2.59. The minimum Gasteiger partial charge on any atom is -0.294 e. The molecule has 0 saturated heterocycles. The Morgan fingerprint density at radius 2 is 2.55 bits per heavy atom. The van der Waals surface area contributed by atoms with Gasteiger partial charge in [0, 0.05) is 23.8 Å². The second-order valence-corrected chi connectivity index (χ2v) is 2.92. The van der Waals surface area contributed by atoms with Crippen molar-refractivity contribution in [2.24, 2.45) is 0 Å². The lowest BCUT2D eigenvalue weighted by atomic mass is 10.1. The lowest BCUT2D eigenvalue weighted by Crippen LogP contribution is -1.94. The van der Waals surface area contributed by atoms with Crippen molar-refractivity contribution in [3.8, 4) is 12.3 Å². The number of rotatable bonds is 3. The van der Waals surface area contributed by atoms with Crippen LogP contribution >= 0.6 is 11.3 Å². The zero-order valence-corrected chi connectivity index (χ0v) is 6.86. The first-order valence-corrected chi connectivity index (χ1v) is 4.27. The summed E-state index contributed by atoms with van der Waals surface area (Å²) < 4.78 is 0. The van der Waals surface area contributed by atoms with Gasteiger partial charge in [-0.3, -0.25) is 4.79 Å². The summed E-state index contributed by atoms with van der Waals surface area (Å²) in [6.45, 7) is 0. The van der Waals surface area contributed by atoms with Crippen molar-refractivity contribution < 1.29 is 4.79 Å². The normalized spacial score (nSPS) is 9.00. The highest BCUT2D eigenvalue weighted by atomic mass is 32.1. The zero-order valence-electron chi connectivity index (χ0n) is 6.04. The number of ketones is 1. The lowest BCUT2D eigenvalue weighted by molar-refractivity contribution is 0.0985. The van der Waals surface area contributed by atoms with Crippen LogP contribution in [0.1, 0.15) is 23.2 Å². The summed E-state index contributed by atoms with van der Waals surface area (Å²) >= 11 is 1.53. The van der Waals surface area contributed by atoms with Gasteiger partial charge in [-0.1, -0.05) is 0 Å². The topological polar surface area (TPSA) is 17.1 Å². The van der Waals surface area contributed by atoms with Crippen LogP contribution in [-0.2, 0) is 0 Å². The van der Waals surface area contributed by atoms with Crippen molar-refractivity contribution in [3.63, 3.8) is 0 Å². The number of terminal acetylenes is 1. The Morgan fingerprint density at radius 1 is 1.73 bits per heavy atom. The monoisotopic (exact) mass is 164 g/mol. The zero-order chi connectivity index (χ0) is 8.10. The van der Waals surface area contributed by atoms with E-state index >= 15 is 0 Å². The third kappa shape index (κ3) is 2.21. The van der Waals surface area contributed by atoms with Crippen LogP contribution in [0.3, 0.4) is 0 Å². The molecule has 0 unspecified atom stereocenters. The summed E-state index contributed by atoms with van der Waals surface area (Å²) in [7, 11) is 0. The van der Waals surface area contributed by atoms with E-state index in [4.69, 9.17) is 6.42 Å². The lowest BCUT2D eigenvalue weighted by Gasteiger charge is -1.90. The summed E-state index contributed by atoms with van der Waals surface area (Å²) in [4.78, 5) is 11.2. The van der Waals surface area contributed by atoms with E-state index in [0.29, 0.717) is 12.8 Å². The number of hydrogen-bond acceptors (Lipinski definition) is 2. The molecule has 56 valence electrons. The van der Waals surface area contributed by atoms with Crippen molar-refractivity contribution in [3.05, 3.63) is 22.4 Å². The second-order valence-electron chi connectivity index (χ2n) is 2.14. The van der Waals surface area contributed by atoms with E-state index in [0.717, 1.165) is 5.56 Å². The summed E-state index contributed by atoms with van der Waals surface area (Å²) in [5.41, 5.74) is 0.783. The molecule has 1 heterocycles. The van der Waals surface area contributed by atoms with Gasteiger partial charge in [0.2, 0.25) is 0 Å². The first kappa shape index (κ1) is 8.03. The van der Waals surface area contributed by atoms with Crippen molar-refractivity contribution in [1.82, 2.24) is 0 Å². The van der Waals surface area contributed by atoms with Crippen LogP contribution in [0.5, 0.6) is 0 Å². The van der Waals surface area contributed by atoms with Crippen LogP contribution in [0.25, 0.3) is 0 Å². The minimum absolute atomic E-state index is 0.143. The molecule has 0 spiro atoms. The summed E-state index contributed by atoms with van der Waals surface area (Å²) in [5, 5.41) is 3.74. The molecule has 0 fully saturated rings. The molecule has 1 aromatic rings. The molecule has 0 amide bonds. The molecule has 1 aromatic heterocycles. The average molecular weight is 164 g/mol. The van der Waals surface area contributed by atoms with Gasteiger partial charge in [-0.25, -0.2) is 0 Å². The third-order valence-electron chi connectivity index (χ3n) is 1.34. The van der Waals surface area contributed by atoms with E-state index in [1.165, 1.54) is 11.3 Å². The van der Waals surface area contributed by atoms with Crippen LogP contribution in [0.2, 0.25) is 0 Å². The molecule has 1 rings (SSSR count). The highest BCUT2D eigenvalue weighted by molar-refractivity contribution is 7.08. The number of hydrogen-bond donors (Lipinski definition) is 0. The Bertz CT molecular complexity index is 266. The van der Waals surface area contributed by atoms with Gasteiger partial charge in [0.1, 0.15) is 0 Å². The molecule has 0 N–H and O–H groups in total. The van der Waals surface area contributed by atoms with E-state index < -0.39 is 0 Å². The maximum Gasteiger partial charge on any atom is 0.164 e. The highest BCUT2D eigenvalue weighted by Crippen LogP contribution is 2.09. The van der Waals surface area contributed by atoms with E-state index in [9.17, 15) is 4.79 Å². The Labute approximate surface area is 70.1 Å². The van der Waals surface area contributed by atoms with Crippen LogP contribution in [0.4, 0.5) is 0 Å². The molecular weight excluding hydrogens is 156 g/mol. The molecule has 0 bridgehead atoms. The van der Waals surface area contributed by atoms with Gasteiger partial charge in [0.05, 0.1) is 0 Å². The van der Waals surface area contributed by atoms with Crippen LogP contribution in [-0.4, -0.2) is 5.78 Å². The van der Waals surface area contributed by atoms with Crippen molar-refractivity contribution in [2.45, 2.75) is 12.8 Å². The molecule has 0 aliphatic rings. The van der Waals surface area contributed by atoms with Gasteiger partial charge >= 0.3 is 0 Å². The standard InChI is InChI=1S/C9H8OS/c1-2-3-4-9(10)8-5-6-11-7-8/h1,5-7H,3-4H2. The predicted octanol–water partition coefficient (Wildman–Crippen LogP) is 2.34. The Morgan fingerprint density at radius 3 is 3.09 bits per heavy atom. The fourth-order valence-electron chi connectivity index (χ4n) is 0.753. The van der Waals surface area contributed by atoms with Gasteiger partial charge in [-0.2, -0.15) is 11.3 Å². The molecule has 0 saturated carbocycles. The number of carbonyl (C=O) groups excluding carboxylic acids is 1. The summed E-state index contributed by atoms with van der Waals surface area (Å²) in [6, 6.07) is 1.82. The highest BCUT2D eigenvalue weighted by Gasteiger charge is 2.03. The average Bonchev–Trinajstić information content (AvgIpc) is 2.52. The maximum absolute atomic E-state index is 11.2. The van der Waals surface area contributed by atoms with Crippen LogP contribution in [0.15, 0.2) is 16.8 Å². The van der Waals surface area contributed by atoms with E-state index in [1.54, 1.807) is 0 Å². The number of carbonyl (C=O) groups is 1. The van der Waals surface area contributed by atoms with Crippen LogP contribution in [0, 0.1) is 12.3 Å². The van der Waals surface area contributed by atoms with Gasteiger partial charge in [-0.05, 0) is 11.4 Å². The quantitative estimate of drug-likeness (QED) is 0.495. The Kier molecular flexibility index (Phi) is 2.88. The largest absolute Gasteiger partial charge is 0.294 e. The van der Waals surface area contributed by atoms with Gasteiger partial charge in [-0.15, -0.1) is 12.3 Å². The molecule has 0 aromatic carbocycles. The fraction of sp³-hybridized carbons (Fsp3) is 0.222. The SMILES string of the molecule is C#CCCC(=O)c1ccsc1. The molecule has 1 nitrogen and oxygen atoms in total. The summed E-state index contributed by atoms with van der Waals surface area (Å²) in [6.07, 6.45) is 6.03. The number of Topliss-reactive ketones (excluding diaryl/α,β-unsaturated/α-hetero) is 1. The Hall–Kier alpha value is -1.07. The molecule has 0 aliphatic heterocycles. The molecule has 0 atom stereocenters. The van der Waals surface area contributed by atoms with Gasteiger partial charge < -0.3 is 0 Å². The second kappa shape index (κ2) is 3.95. The van der Waals surface area contributed by atoms with Gasteiger partial charge in [0.15, 0.2) is 5.78 Å². The minimum atomic E-state index is 0.143. The van der Waals surface area contributed by atoms with Gasteiger partial charge in [0.25, 0.3) is 0 Å². The smallest absolute Gasteiger partial charge is 0.164 e. The molecule has 11 heavy (non-hydrogen) atoms. The fourth-order valence-corrected chi connectivity index (χ4v) is 1.41. The van der Waals surface area contributed by atoms with E-state index in [1.807, 2.05) is 16.8 Å².